The molecule has 1 rings (SSSR count). The van der Waals surface area contributed by atoms with E-state index in [2.05, 4.69) is 0 Å². The molecule has 0 aliphatic heterocycles. The molecule has 0 aliphatic rings. The molecular weight excluding hydrogens is 256 g/mol. The van der Waals surface area contributed by atoms with Crippen LogP contribution >= 0.6 is 35.0 Å². The Bertz CT molecular complexity index is 325. The predicted octanol–water partition coefficient (Wildman–Crippen LogP) is 4.75. The zero-order chi connectivity index (χ0) is 10.8. The second-order valence-electron chi connectivity index (χ2n) is 2.48. The summed E-state index contributed by atoms with van der Waals surface area (Å²) < 4.78 is 35.5. The Balaban J connectivity index is 2.65. The van der Waals surface area contributed by atoms with Crippen LogP contribution in [0.3, 0.4) is 0 Å². The van der Waals surface area contributed by atoms with E-state index in [4.69, 9.17) is 23.2 Å². The van der Waals surface area contributed by atoms with Gasteiger partial charge in [-0.3, -0.25) is 0 Å². The third-order valence-corrected chi connectivity index (χ3v) is 2.93. The molecule has 6 heteroatoms. The molecule has 0 N–H and O–H groups in total. The molecule has 1 aromatic carbocycles. The molecule has 0 aromatic heterocycles. The first-order valence-electron chi connectivity index (χ1n) is 3.53. The van der Waals surface area contributed by atoms with E-state index in [0.29, 0.717) is 10.6 Å². The molecular formula is C8H5Cl2F3S. The number of halogens is 5. The second kappa shape index (κ2) is 4.64. The molecule has 0 nitrogen and oxygen atoms in total. The minimum atomic E-state index is -4.22. The molecule has 0 heterocycles. The highest BCUT2D eigenvalue weighted by molar-refractivity contribution is 7.99. The standard InChI is InChI=1S/C8H5Cl2F3S/c9-6-2-1-5(3-7(6)10)4-14-8(11,12)13/h1-3H,4H2. The van der Waals surface area contributed by atoms with E-state index < -0.39 is 5.51 Å². The van der Waals surface area contributed by atoms with Crippen molar-refractivity contribution in [2.75, 3.05) is 0 Å². The highest BCUT2D eigenvalue weighted by Crippen LogP contribution is 2.34. The van der Waals surface area contributed by atoms with Gasteiger partial charge in [-0.05, 0) is 29.5 Å². The summed E-state index contributed by atoms with van der Waals surface area (Å²) >= 11 is 11.2. The average Bonchev–Trinajstić information content (AvgIpc) is 2.06. The number of hydrogen-bond acceptors (Lipinski definition) is 1. The van der Waals surface area contributed by atoms with E-state index in [1.54, 1.807) is 0 Å². The summed E-state index contributed by atoms with van der Waals surface area (Å²) in [5.74, 6) is -0.152. The molecule has 0 aliphatic carbocycles. The largest absolute Gasteiger partial charge is 0.442 e. The van der Waals surface area contributed by atoms with Crippen LogP contribution in [0.15, 0.2) is 18.2 Å². The Labute approximate surface area is 93.4 Å². The number of thioether (sulfide) groups is 1. The van der Waals surface area contributed by atoms with Crippen molar-refractivity contribution in [3.05, 3.63) is 33.8 Å². The van der Waals surface area contributed by atoms with Crippen LogP contribution in [0.25, 0.3) is 0 Å². The molecule has 0 bridgehead atoms. The van der Waals surface area contributed by atoms with Crippen LogP contribution in [0.5, 0.6) is 0 Å². The van der Waals surface area contributed by atoms with Crippen molar-refractivity contribution in [3.8, 4) is 0 Å². The lowest BCUT2D eigenvalue weighted by Gasteiger charge is -2.06. The van der Waals surface area contributed by atoms with Crippen LogP contribution in [0.1, 0.15) is 5.56 Å². The van der Waals surface area contributed by atoms with Crippen molar-refractivity contribution < 1.29 is 13.2 Å². The number of benzene rings is 1. The fraction of sp³-hybridized carbons (Fsp3) is 0.250. The Morgan fingerprint density at radius 3 is 2.29 bits per heavy atom. The first-order chi connectivity index (χ1) is 6.38. The normalized spacial score (nSPS) is 11.8. The third kappa shape index (κ3) is 3.98. The third-order valence-electron chi connectivity index (χ3n) is 1.39. The van der Waals surface area contributed by atoms with Gasteiger partial charge >= 0.3 is 5.51 Å². The van der Waals surface area contributed by atoms with E-state index in [0.717, 1.165) is 0 Å². The van der Waals surface area contributed by atoms with Gasteiger partial charge in [-0.25, -0.2) is 0 Å². The van der Waals surface area contributed by atoms with Gasteiger partial charge in [-0.15, -0.1) is 0 Å². The summed E-state index contributed by atoms with van der Waals surface area (Å²) in [6.45, 7) is 0. The Kier molecular flexibility index (Phi) is 3.98. The molecule has 0 saturated heterocycles. The van der Waals surface area contributed by atoms with E-state index in [1.807, 2.05) is 0 Å². The monoisotopic (exact) mass is 260 g/mol. The van der Waals surface area contributed by atoms with Crippen LogP contribution in [0.4, 0.5) is 13.2 Å². The van der Waals surface area contributed by atoms with Gasteiger partial charge in [0, 0.05) is 5.75 Å². The van der Waals surface area contributed by atoms with Gasteiger partial charge in [-0.1, -0.05) is 29.3 Å². The summed E-state index contributed by atoms with van der Waals surface area (Å²) in [6.07, 6.45) is 0. The minimum Gasteiger partial charge on any atom is -0.160 e. The average molecular weight is 261 g/mol. The van der Waals surface area contributed by atoms with E-state index in [-0.39, 0.29) is 22.5 Å². The van der Waals surface area contributed by atoms with Crippen molar-refractivity contribution in [1.82, 2.24) is 0 Å². The van der Waals surface area contributed by atoms with Crippen molar-refractivity contribution in [2.24, 2.45) is 0 Å². The number of rotatable bonds is 2. The van der Waals surface area contributed by atoms with Crippen molar-refractivity contribution in [1.29, 1.82) is 0 Å². The fourth-order valence-corrected chi connectivity index (χ4v) is 1.63. The van der Waals surface area contributed by atoms with Crippen LogP contribution < -0.4 is 0 Å². The quantitative estimate of drug-likeness (QED) is 0.740. The first-order valence-corrected chi connectivity index (χ1v) is 5.27. The molecule has 0 saturated carbocycles. The summed E-state index contributed by atoms with van der Waals surface area (Å²) in [7, 11) is 0. The van der Waals surface area contributed by atoms with E-state index in [1.165, 1.54) is 18.2 Å². The second-order valence-corrected chi connectivity index (χ2v) is 4.34. The van der Waals surface area contributed by atoms with Crippen molar-refractivity contribution >= 4 is 35.0 Å². The maximum atomic E-state index is 11.8. The SMILES string of the molecule is FC(F)(F)SCc1ccc(Cl)c(Cl)c1. The lowest BCUT2D eigenvalue weighted by Crippen LogP contribution is -2.00. The highest BCUT2D eigenvalue weighted by atomic mass is 35.5. The highest BCUT2D eigenvalue weighted by Gasteiger charge is 2.27. The van der Waals surface area contributed by atoms with Gasteiger partial charge in [0.15, 0.2) is 0 Å². The van der Waals surface area contributed by atoms with Gasteiger partial charge in [0.1, 0.15) is 0 Å². The predicted molar refractivity (Wildman–Crippen MR) is 53.8 cm³/mol. The summed E-state index contributed by atoms with van der Waals surface area (Å²) in [5.41, 5.74) is -3.71. The minimum absolute atomic E-state index is 0.100. The zero-order valence-electron chi connectivity index (χ0n) is 6.74. The number of hydrogen-bond donors (Lipinski definition) is 0. The first kappa shape index (κ1) is 12.0. The topological polar surface area (TPSA) is 0 Å². The molecule has 0 spiro atoms. The maximum absolute atomic E-state index is 11.8. The lowest BCUT2D eigenvalue weighted by atomic mass is 10.2. The molecule has 14 heavy (non-hydrogen) atoms. The molecule has 0 unspecified atom stereocenters. The smallest absolute Gasteiger partial charge is 0.160 e. The Morgan fingerprint density at radius 2 is 1.79 bits per heavy atom. The molecule has 1 aromatic rings. The molecule has 0 atom stereocenters. The van der Waals surface area contributed by atoms with Gasteiger partial charge in [0.05, 0.1) is 10.0 Å². The summed E-state index contributed by atoms with van der Waals surface area (Å²) in [4.78, 5) is 0. The van der Waals surface area contributed by atoms with Gasteiger partial charge < -0.3 is 0 Å². The summed E-state index contributed by atoms with van der Waals surface area (Å²) in [6, 6.07) is 4.44. The maximum Gasteiger partial charge on any atom is 0.442 e. The van der Waals surface area contributed by atoms with Crippen LogP contribution in [-0.2, 0) is 5.75 Å². The van der Waals surface area contributed by atoms with Crippen molar-refractivity contribution in [2.45, 2.75) is 11.3 Å². The van der Waals surface area contributed by atoms with Crippen LogP contribution in [0, 0.1) is 0 Å². The van der Waals surface area contributed by atoms with Gasteiger partial charge in [0.2, 0.25) is 0 Å². The van der Waals surface area contributed by atoms with Crippen LogP contribution in [0.2, 0.25) is 10.0 Å². The fourth-order valence-electron chi connectivity index (χ4n) is 0.795. The van der Waals surface area contributed by atoms with Crippen LogP contribution in [-0.4, -0.2) is 5.51 Å². The Morgan fingerprint density at radius 1 is 1.14 bits per heavy atom. The number of alkyl halides is 3. The summed E-state index contributed by atoms with van der Waals surface area (Å²) in [5, 5.41) is 0.611. The zero-order valence-corrected chi connectivity index (χ0v) is 9.07. The van der Waals surface area contributed by atoms with Crippen molar-refractivity contribution in [3.63, 3.8) is 0 Å². The van der Waals surface area contributed by atoms with E-state index >= 15 is 0 Å². The van der Waals surface area contributed by atoms with Gasteiger partial charge in [-0.2, -0.15) is 13.2 Å². The Hall–Kier alpha value is -0.0600. The molecule has 0 amide bonds. The van der Waals surface area contributed by atoms with E-state index in [9.17, 15) is 13.2 Å². The lowest BCUT2D eigenvalue weighted by molar-refractivity contribution is -0.0329. The van der Waals surface area contributed by atoms with Gasteiger partial charge in [0.25, 0.3) is 0 Å². The molecule has 0 radical (unpaired) electrons. The molecule has 78 valence electrons. The molecule has 0 fully saturated rings.